The molecule has 1 aromatic heterocycles. The van der Waals surface area contributed by atoms with Crippen LogP contribution in [0.5, 0.6) is 0 Å². The van der Waals surface area contributed by atoms with Crippen LogP contribution in [0.3, 0.4) is 0 Å². The summed E-state index contributed by atoms with van der Waals surface area (Å²) in [6.45, 7) is 0. The summed E-state index contributed by atoms with van der Waals surface area (Å²) in [6.07, 6.45) is 3.64. The molecule has 0 spiro atoms. The molecule has 1 aliphatic carbocycles. The monoisotopic (exact) mass is 303 g/mol. The second-order valence-corrected chi connectivity index (χ2v) is 7.53. The Labute approximate surface area is 117 Å². The van der Waals surface area contributed by atoms with E-state index in [1.807, 2.05) is 0 Å². The fourth-order valence-corrected chi connectivity index (χ4v) is 4.83. The van der Waals surface area contributed by atoms with Crippen LogP contribution in [-0.2, 0) is 19.6 Å². The first-order valence-corrected chi connectivity index (χ1v) is 8.52. The minimum absolute atomic E-state index is 0.223. The van der Waals surface area contributed by atoms with Gasteiger partial charge in [-0.05, 0) is 24.3 Å². The van der Waals surface area contributed by atoms with E-state index in [2.05, 4.69) is 4.72 Å². The third-order valence-electron chi connectivity index (χ3n) is 3.37. The van der Waals surface area contributed by atoms with Gasteiger partial charge in [-0.3, -0.25) is 4.79 Å². The highest BCUT2D eigenvalue weighted by Crippen LogP contribution is 2.31. The van der Waals surface area contributed by atoms with Gasteiger partial charge >= 0.3 is 5.97 Å². The minimum Gasteiger partial charge on any atom is -0.468 e. The number of hydrogen-bond donors (Lipinski definition) is 1. The average molecular weight is 303 g/mol. The van der Waals surface area contributed by atoms with Crippen LogP contribution in [0.2, 0.25) is 0 Å². The number of rotatable bonds is 4. The zero-order chi connectivity index (χ0) is 13.9. The molecule has 0 aliphatic heterocycles. The van der Waals surface area contributed by atoms with Crippen LogP contribution in [-0.4, -0.2) is 27.0 Å². The van der Waals surface area contributed by atoms with Crippen molar-refractivity contribution in [3.05, 3.63) is 17.5 Å². The van der Waals surface area contributed by atoms with E-state index in [-0.39, 0.29) is 4.21 Å². The van der Waals surface area contributed by atoms with E-state index >= 15 is 0 Å². The molecule has 1 fully saturated rings. The number of nitrogens with one attached hydrogen (secondary N) is 1. The Kier molecular flexibility index (Phi) is 4.27. The van der Waals surface area contributed by atoms with Crippen molar-refractivity contribution < 1.29 is 17.9 Å². The van der Waals surface area contributed by atoms with Crippen LogP contribution < -0.4 is 4.72 Å². The number of methoxy groups -OCH3 is 1. The Bertz CT molecular complexity index is 530. The first-order valence-electron chi connectivity index (χ1n) is 6.16. The van der Waals surface area contributed by atoms with Gasteiger partial charge in [0, 0.05) is 0 Å². The molecule has 1 saturated carbocycles. The van der Waals surface area contributed by atoms with Crippen molar-refractivity contribution in [3.8, 4) is 0 Å². The summed E-state index contributed by atoms with van der Waals surface area (Å²) in [5.74, 6) is -0.493. The third kappa shape index (κ3) is 2.98. The van der Waals surface area contributed by atoms with Crippen molar-refractivity contribution in [2.24, 2.45) is 0 Å². The van der Waals surface area contributed by atoms with Crippen LogP contribution in [0.4, 0.5) is 0 Å². The maximum atomic E-state index is 12.3. The van der Waals surface area contributed by atoms with Gasteiger partial charge in [0.2, 0.25) is 0 Å². The zero-order valence-electron chi connectivity index (χ0n) is 10.7. The minimum atomic E-state index is -3.66. The topological polar surface area (TPSA) is 72.5 Å². The van der Waals surface area contributed by atoms with Crippen LogP contribution in [0, 0.1) is 0 Å². The summed E-state index contributed by atoms with van der Waals surface area (Å²) < 4.78 is 32.1. The van der Waals surface area contributed by atoms with Crippen molar-refractivity contribution in [3.63, 3.8) is 0 Å². The van der Waals surface area contributed by atoms with E-state index < -0.39 is 21.5 Å². The van der Waals surface area contributed by atoms with Crippen molar-refractivity contribution >= 4 is 27.3 Å². The Balaban J connectivity index is 2.28. The van der Waals surface area contributed by atoms with Gasteiger partial charge in [0.15, 0.2) is 0 Å². The quantitative estimate of drug-likeness (QED) is 0.862. The van der Waals surface area contributed by atoms with Gasteiger partial charge in [-0.15, -0.1) is 11.3 Å². The van der Waals surface area contributed by atoms with E-state index in [0.29, 0.717) is 12.8 Å². The van der Waals surface area contributed by atoms with Gasteiger partial charge < -0.3 is 4.74 Å². The summed E-state index contributed by atoms with van der Waals surface area (Å²) in [7, 11) is -2.37. The maximum Gasteiger partial charge on any atom is 0.327 e. The Morgan fingerprint density at radius 3 is 2.58 bits per heavy atom. The van der Waals surface area contributed by atoms with Crippen molar-refractivity contribution in [1.82, 2.24) is 4.72 Å². The van der Waals surface area contributed by atoms with E-state index in [9.17, 15) is 13.2 Å². The molecule has 0 amide bonds. The number of sulfonamides is 1. The maximum absolute atomic E-state index is 12.3. The molecule has 0 atom stereocenters. The van der Waals surface area contributed by atoms with Crippen LogP contribution in [0.25, 0.3) is 0 Å². The van der Waals surface area contributed by atoms with Gasteiger partial charge in [-0.25, -0.2) is 8.42 Å². The number of hydrogen-bond acceptors (Lipinski definition) is 5. The summed E-state index contributed by atoms with van der Waals surface area (Å²) in [4.78, 5) is 12.0. The van der Waals surface area contributed by atoms with Crippen LogP contribution in [0.1, 0.15) is 32.1 Å². The SMILES string of the molecule is COC(=O)C1(NS(=O)(=O)c2cccs2)CCCCC1. The Morgan fingerprint density at radius 1 is 1.37 bits per heavy atom. The number of carbonyl (C=O) groups is 1. The molecule has 0 saturated heterocycles. The summed E-state index contributed by atoms with van der Waals surface area (Å²) in [5, 5.41) is 1.69. The van der Waals surface area contributed by atoms with Gasteiger partial charge in [-0.1, -0.05) is 25.3 Å². The predicted molar refractivity (Wildman–Crippen MR) is 72.5 cm³/mol. The van der Waals surface area contributed by atoms with Gasteiger partial charge in [0.05, 0.1) is 7.11 Å². The molecular weight excluding hydrogens is 286 g/mol. The zero-order valence-corrected chi connectivity index (χ0v) is 12.4. The third-order valence-corrected chi connectivity index (χ3v) is 6.31. The standard InChI is InChI=1S/C12H17NO4S2/c1-17-11(14)12(7-3-2-4-8-12)13-19(15,16)10-6-5-9-18-10/h5-6,9,13H,2-4,7-8H2,1H3. The molecule has 1 N–H and O–H groups in total. The van der Waals surface area contributed by atoms with Crippen molar-refractivity contribution in [2.45, 2.75) is 41.9 Å². The number of ether oxygens (including phenoxy) is 1. The molecule has 5 nitrogen and oxygen atoms in total. The molecular formula is C12H17NO4S2. The highest BCUT2D eigenvalue weighted by molar-refractivity contribution is 7.91. The van der Waals surface area contributed by atoms with E-state index in [1.54, 1.807) is 11.4 Å². The molecule has 0 bridgehead atoms. The molecule has 19 heavy (non-hydrogen) atoms. The van der Waals surface area contributed by atoms with Crippen LogP contribution in [0.15, 0.2) is 21.7 Å². The van der Waals surface area contributed by atoms with E-state index in [4.69, 9.17) is 4.74 Å². The van der Waals surface area contributed by atoms with E-state index in [1.165, 1.54) is 13.2 Å². The Morgan fingerprint density at radius 2 is 2.05 bits per heavy atom. The first-order chi connectivity index (χ1) is 9.00. The number of thiophene rings is 1. The first kappa shape index (κ1) is 14.5. The predicted octanol–water partition coefficient (Wildman–Crippen LogP) is 1.90. The van der Waals surface area contributed by atoms with E-state index in [0.717, 1.165) is 30.6 Å². The summed E-state index contributed by atoms with van der Waals surface area (Å²) in [5.41, 5.74) is -1.10. The second kappa shape index (κ2) is 5.60. The summed E-state index contributed by atoms with van der Waals surface area (Å²) >= 11 is 1.13. The molecule has 1 heterocycles. The van der Waals surface area contributed by atoms with Gasteiger partial charge in [0.1, 0.15) is 9.75 Å². The molecule has 1 aliphatic rings. The molecule has 2 rings (SSSR count). The molecule has 0 unspecified atom stereocenters. The van der Waals surface area contributed by atoms with Gasteiger partial charge in [0.25, 0.3) is 10.0 Å². The lowest BCUT2D eigenvalue weighted by molar-refractivity contribution is -0.149. The highest BCUT2D eigenvalue weighted by Gasteiger charge is 2.44. The Hall–Kier alpha value is -0.920. The fourth-order valence-electron chi connectivity index (χ4n) is 2.42. The number of esters is 1. The molecule has 106 valence electrons. The largest absolute Gasteiger partial charge is 0.468 e. The molecule has 1 aromatic rings. The lowest BCUT2D eigenvalue weighted by Crippen LogP contribution is -2.55. The molecule has 0 aromatic carbocycles. The van der Waals surface area contributed by atoms with Crippen molar-refractivity contribution in [2.75, 3.05) is 7.11 Å². The van der Waals surface area contributed by atoms with Crippen molar-refractivity contribution in [1.29, 1.82) is 0 Å². The average Bonchev–Trinajstić information content (AvgIpc) is 2.93. The normalized spacial score (nSPS) is 19.0. The molecule has 7 heteroatoms. The highest BCUT2D eigenvalue weighted by atomic mass is 32.2. The fraction of sp³-hybridized carbons (Fsp3) is 0.583. The van der Waals surface area contributed by atoms with Crippen LogP contribution >= 0.6 is 11.3 Å². The molecule has 0 radical (unpaired) electrons. The lowest BCUT2D eigenvalue weighted by atomic mass is 9.83. The summed E-state index contributed by atoms with van der Waals surface area (Å²) in [6, 6.07) is 3.20. The smallest absolute Gasteiger partial charge is 0.327 e. The lowest BCUT2D eigenvalue weighted by Gasteiger charge is -2.34. The number of carbonyl (C=O) groups excluding carboxylic acids is 1. The second-order valence-electron chi connectivity index (χ2n) is 4.67. The van der Waals surface area contributed by atoms with Gasteiger partial charge in [-0.2, -0.15) is 4.72 Å².